The van der Waals surface area contributed by atoms with Gasteiger partial charge >= 0.3 is 0 Å². The SMILES string of the molecule is Cc1ccc(C(=O)NN2C(=O)/C(=C/c3cn(Cc4ccccc4)c4ccccc34)SC2=S)cc1. The average molecular weight is 484 g/mol. The number of benzene rings is 3. The molecule has 1 aromatic heterocycles. The Morgan fingerprint density at radius 1 is 1.00 bits per heavy atom. The fourth-order valence-corrected chi connectivity index (χ4v) is 5.05. The number of carbonyl (C=O) groups is 2. The second-order valence-corrected chi connectivity index (χ2v) is 9.71. The third-order valence-electron chi connectivity index (χ3n) is 5.62. The van der Waals surface area contributed by atoms with Gasteiger partial charge in [0.15, 0.2) is 4.32 Å². The molecule has 1 N–H and O–H groups in total. The molecule has 5 nitrogen and oxygen atoms in total. The quantitative estimate of drug-likeness (QED) is 0.299. The van der Waals surface area contributed by atoms with Gasteiger partial charge in [0, 0.05) is 34.8 Å². The zero-order valence-electron chi connectivity index (χ0n) is 18.4. The number of aromatic nitrogens is 1. The molecule has 0 aliphatic carbocycles. The third kappa shape index (κ3) is 4.40. The van der Waals surface area contributed by atoms with Crippen molar-refractivity contribution in [3.63, 3.8) is 0 Å². The normalized spacial score (nSPS) is 14.9. The van der Waals surface area contributed by atoms with Gasteiger partial charge in [-0.25, -0.2) is 0 Å². The molecule has 0 atom stereocenters. The minimum Gasteiger partial charge on any atom is -0.342 e. The summed E-state index contributed by atoms with van der Waals surface area (Å²) < 4.78 is 2.47. The van der Waals surface area contributed by atoms with Crippen LogP contribution in [0.2, 0.25) is 0 Å². The van der Waals surface area contributed by atoms with Crippen molar-refractivity contribution in [2.75, 3.05) is 0 Å². The lowest BCUT2D eigenvalue weighted by atomic mass is 10.1. The average Bonchev–Trinajstić information content (AvgIpc) is 3.32. The highest BCUT2D eigenvalue weighted by Gasteiger charge is 2.34. The first-order valence-electron chi connectivity index (χ1n) is 10.8. The van der Waals surface area contributed by atoms with Crippen LogP contribution < -0.4 is 5.43 Å². The fraction of sp³-hybridized carbons (Fsp3) is 0.0741. The van der Waals surface area contributed by atoms with Gasteiger partial charge in [-0.05, 0) is 49.0 Å². The Kier molecular flexibility index (Phi) is 6.04. The van der Waals surface area contributed by atoms with E-state index in [1.54, 1.807) is 12.1 Å². The van der Waals surface area contributed by atoms with E-state index in [4.69, 9.17) is 12.2 Å². The van der Waals surface area contributed by atoms with Crippen molar-refractivity contribution < 1.29 is 9.59 Å². The lowest BCUT2D eigenvalue weighted by Gasteiger charge is -2.15. The van der Waals surface area contributed by atoms with Gasteiger partial charge in [-0.1, -0.05) is 78.0 Å². The molecular formula is C27H21N3O2S2. The number of para-hydroxylation sites is 1. The van der Waals surface area contributed by atoms with E-state index in [0.29, 0.717) is 14.8 Å². The molecule has 7 heteroatoms. The van der Waals surface area contributed by atoms with E-state index in [1.807, 2.05) is 61.5 Å². The molecule has 3 aromatic carbocycles. The number of hydrazine groups is 1. The van der Waals surface area contributed by atoms with Crippen molar-refractivity contribution in [3.8, 4) is 0 Å². The Hall–Kier alpha value is -3.68. The van der Waals surface area contributed by atoms with Crippen LogP contribution >= 0.6 is 24.0 Å². The molecular weight excluding hydrogens is 462 g/mol. The number of nitrogens with one attached hydrogen (secondary N) is 1. The van der Waals surface area contributed by atoms with Gasteiger partial charge in [0.1, 0.15) is 0 Å². The van der Waals surface area contributed by atoms with Crippen molar-refractivity contribution in [1.82, 2.24) is 15.0 Å². The summed E-state index contributed by atoms with van der Waals surface area (Å²) in [6, 6.07) is 25.5. The molecule has 0 radical (unpaired) electrons. The highest BCUT2D eigenvalue weighted by Crippen LogP contribution is 2.33. The van der Waals surface area contributed by atoms with Crippen LogP contribution in [0.1, 0.15) is 27.0 Å². The monoisotopic (exact) mass is 483 g/mol. The number of hydrogen-bond donors (Lipinski definition) is 1. The fourth-order valence-electron chi connectivity index (χ4n) is 3.88. The minimum absolute atomic E-state index is 0.296. The highest BCUT2D eigenvalue weighted by atomic mass is 32.2. The lowest BCUT2D eigenvalue weighted by Crippen LogP contribution is -2.44. The Morgan fingerprint density at radius 3 is 2.47 bits per heavy atom. The van der Waals surface area contributed by atoms with E-state index < -0.39 is 0 Å². The predicted octanol–water partition coefficient (Wildman–Crippen LogP) is 5.54. The van der Waals surface area contributed by atoms with Crippen molar-refractivity contribution in [2.24, 2.45) is 0 Å². The first-order chi connectivity index (χ1) is 16.5. The zero-order valence-corrected chi connectivity index (χ0v) is 20.0. The molecule has 0 spiro atoms. The lowest BCUT2D eigenvalue weighted by molar-refractivity contribution is -0.123. The highest BCUT2D eigenvalue weighted by molar-refractivity contribution is 8.26. The molecule has 2 amide bonds. The summed E-state index contributed by atoms with van der Waals surface area (Å²) in [5.41, 5.74) is 7.37. The van der Waals surface area contributed by atoms with Gasteiger partial charge in [0.25, 0.3) is 11.8 Å². The van der Waals surface area contributed by atoms with Gasteiger partial charge in [0.05, 0.1) is 4.91 Å². The van der Waals surface area contributed by atoms with Crippen LogP contribution in [0.15, 0.2) is 90.0 Å². The van der Waals surface area contributed by atoms with Gasteiger partial charge < -0.3 is 4.57 Å². The predicted molar refractivity (Wildman–Crippen MR) is 141 cm³/mol. The molecule has 0 unspecified atom stereocenters. The Balaban J connectivity index is 1.42. The van der Waals surface area contributed by atoms with E-state index in [0.717, 1.165) is 33.6 Å². The number of carbonyl (C=O) groups excluding carboxylic acids is 2. The van der Waals surface area contributed by atoms with Crippen LogP contribution in [-0.4, -0.2) is 25.7 Å². The Bertz CT molecular complexity index is 1440. The van der Waals surface area contributed by atoms with Gasteiger partial charge in [-0.2, -0.15) is 5.01 Å². The van der Waals surface area contributed by atoms with Crippen molar-refractivity contribution >= 4 is 57.1 Å². The van der Waals surface area contributed by atoms with Crippen molar-refractivity contribution in [2.45, 2.75) is 13.5 Å². The van der Waals surface area contributed by atoms with Crippen LogP contribution in [0, 0.1) is 6.92 Å². The molecule has 4 aromatic rings. The van der Waals surface area contributed by atoms with Crippen LogP contribution in [0.4, 0.5) is 0 Å². The number of hydrogen-bond acceptors (Lipinski definition) is 4. The molecule has 168 valence electrons. The van der Waals surface area contributed by atoms with Crippen LogP contribution in [-0.2, 0) is 11.3 Å². The van der Waals surface area contributed by atoms with E-state index in [9.17, 15) is 9.59 Å². The Labute approximate surface area is 207 Å². The molecule has 0 bridgehead atoms. The second kappa shape index (κ2) is 9.29. The standard InChI is InChI=1S/C27H21N3O2S2/c1-18-11-13-20(14-12-18)25(31)28-30-26(32)24(34-27(30)33)15-21-17-29(16-19-7-3-2-4-8-19)23-10-6-5-9-22(21)23/h2-15,17H,16H2,1H3,(H,28,31)/b24-15-. The van der Waals surface area contributed by atoms with E-state index in [1.165, 1.54) is 17.3 Å². The number of thioether (sulfide) groups is 1. The van der Waals surface area contributed by atoms with E-state index in [-0.39, 0.29) is 11.8 Å². The number of fused-ring (bicyclic) bond motifs is 1. The number of rotatable bonds is 5. The molecule has 1 aliphatic heterocycles. The Morgan fingerprint density at radius 2 is 1.71 bits per heavy atom. The van der Waals surface area contributed by atoms with Crippen LogP contribution in [0.25, 0.3) is 17.0 Å². The number of amides is 2. The summed E-state index contributed by atoms with van der Waals surface area (Å²) in [5.74, 6) is -0.715. The zero-order chi connectivity index (χ0) is 23.7. The maximum absolute atomic E-state index is 13.1. The molecule has 2 heterocycles. The molecule has 1 fully saturated rings. The van der Waals surface area contributed by atoms with Gasteiger partial charge in [-0.3, -0.25) is 15.0 Å². The largest absolute Gasteiger partial charge is 0.342 e. The molecule has 1 aliphatic rings. The van der Waals surface area contributed by atoms with E-state index in [2.05, 4.69) is 34.4 Å². The van der Waals surface area contributed by atoms with Crippen molar-refractivity contribution in [1.29, 1.82) is 0 Å². The summed E-state index contributed by atoms with van der Waals surface area (Å²) >= 11 is 6.58. The third-order valence-corrected chi connectivity index (χ3v) is 6.92. The topological polar surface area (TPSA) is 54.3 Å². The maximum Gasteiger partial charge on any atom is 0.285 e. The van der Waals surface area contributed by atoms with Crippen molar-refractivity contribution in [3.05, 3.63) is 112 Å². The smallest absolute Gasteiger partial charge is 0.285 e. The summed E-state index contributed by atoms with van der Waals surface area (Å²) in [7, 11) is 0. The number of nitrogens with zero attached hydrogens (tertiary/aromatic N) is 2. The molecule has 5 rings (SSSR count). The second-order valence-electron chi connectivity index (χ2n) is 8.04. The summed E-state index contributed by atoms with van der Waals surface area (Å²) in [5, 5.41) is 2.20. The van der Waals surface area contributed by atoms with Gasteiger partial charge in [0.2, 0.25) is 0 Å². The summed E-state index contributed by atoms with van der Waals surface area (Å²) in [4.78, 5) is 26.2. The van der Waals surface area contributed by atoms with Gasteiger partial charge in [-0.15, -0.1) is 0 Å². The number of aryl methyl sites for hydroxylation is 1. The van der Waals surface area contributed by atoms with Crippen LogP contribution in [0.3, 0.4) is 0 Å². The summed E-state index contributed by atoms with van der Waals surface area (Å²) in [6.07, 6.45) is 3.90. The molecule has 34 heavy (non-hydrogen) atoms. The first-order valence-corrected chi connectivity index (χ1v) is 12.0. The molecule has 0 saturated carbocycles. The van der Waals surface area contributed by atoms with E-state index >= 15 is 0 Å². The maximum atomic E-state index is 13.1. The number of thiocarbonyl (C=S) groups is 1. The summed E-state index contributed by atoms with van der Waals surface area (Å²) in [6.45, 7) is 2.67. The first kappa shape index (κ1) is 22.1. The molecule has 1 saturated heterocycles. The minimum atomic E-state index is -0.378. The van der Waals surface area contributed by atoms with Crippen LogP contribution in [0.5, 0.6) is 0 Å².